The first-order valence-electron chi connectivity index (χ1n) is 5.25. The van der Waals surface area contributed by atoms with Gasteiger partial charge in [-0.1, -0.05) is 35.3 Å². The molecule has 1 aromatic carbocycles. The summed E-state index contributed by atoms with van der Waals surface area (Å²) >= 11 is 11.2. The Morgan fingerprint density at radius 1 is 1.05 bits per heavy atom. The number of alkyl halides is 7. The fourth-order valence-corrected chi connectivity index (χ4v) is 1.57. The highest BCUT2D eigenvalue weighted by atomic mass is 35.5. The van der Waals surface area contributed by atoms with Crippen LogP contribution in [0.2, 0.25) is 10.0 Å². The number of carbonyl (C=O) groups is 1. The number of benzene rings is 1. The molecule has 0 fully saturated rings. The average molecular weight is 373 g/mol. The van der Waals surface area contributed by atoms with Gasteiger partial charge in [0, 0.05) is 5.56 Å². The summed E-state index contributed by atoms with van der Waals surface area (Å²) in [5, 5.41) is -0.273. The predicted molar refractivity (Wildman–Crippen MR) is 62.2 cm³/mol. The summed E-state index contributed by atoms with van der Waals surface area (Å²) in [6.07, 6.45) is -6.62. The molecule has 0 aromatic heterocycles. The van der Waals surface area contributed by atoms with Crippen LogP contribution in [-0.2, 0) is 16.1 Å². The van der Waals surface area contributed by atoms with Crippen molar-refractivity contribution in [3.8, 4) is 0 Å². The molecule has 0 bridgehead atoms. The van der Waals surface area contributed by atoms with E-state index in [1.54, 1.807) is 0 Å². The normalized spacial score (nSPS) is 13.1. The molecule has 0 aliphatic heterocycles. The van der Waals surface area contributed by atoms with Crippen molar-refractivity contribution in [2.45, 2.75) is 24.6 Å². The lowest BCUT2D eigenvalue weighted by Crippen LogP contribution is -2.56. The van der Waals surface area contributed by atoms with Crippen LogP contribution in [0.15, 0.2) is 18.2 Å². The van der Waals surface area contributed by atoms with Crippen LogP contribution < -0.4 is 0 Å². The van der Waals surface area contributed by atoms with E-state index >= 15 is 0 Å². The van der Waals surface area contributed by atoms with Crippen LogP contribution in [0.4, 0.5) is 30.7 Å². The van der Waals surface area contributed by atoms with E-state index in [9.17, 15) is 35.5 Å². The Labute approximate surface area is 128 Å². The molecule has 0 aliphatic carbocycles. The smallest absolute Gasteiger partial charge is 0.456 e. The Morgan fingerprint density at radius 2 is 1.59 bits per heavy atom. The zero-order valence-corrected chi connectivity index (χ0v) is 11.7. The zero-order valence-electron chi connectivity index (χ0n) is 10.2. The summed E-state index contributed by atoms with van der Waals surface area (Å²) in [4.78, 5) is 10.9. The Bertz CT molecular complexity index is 572. The number of hydrogen-bond donors (Lipinski definition) is 0. The zero-order chi connectivity index (χ0) is 17.3. The number of halogens is 9. The van der Waals surface area contributed by atoms with Gasteiger partial charge in [0.25, 0.3) is 0 Å². The quantitative estimate of drug-likeness (QED) is 0.556. The molecule has 0 N–H and O–H groups in total. The van der Waals surface area contributed by atoms with Crippen molar-refractivity contribution in [3.63, 3.8) is 0 Å². The highest BCUT2D eigenvalue weighted by molar-refractivity contribution is 6.42. The molecule has 22 heavy (non-hydrogen) atoms. The highest BCUT2D eigenvalue weighted by Gasteiger charge is 2.77. The Hall–Kier alpha value is -1.22. The number of carbonyl (C=O) groups excluding carboxylic acids is 1. The molecule has 0 spiro atoms. The fraction of sp³-hybridized carbons (Fsp3) is 0.364. The van der Waals surface area contributed by atoms with Crippen LogP contribution in [0, 0.1) is 0 Å². The van der Waals surface area contributed by atoms with Crippen molar-refractivity contribution in [2.75, 3.05) is 0 Å². The van der Waals surface area contributed by atoms with Gasteiger partial charge in [0.15, 0.2) is 0 Å². The van der Waals surface area contributed by atoms with Crippen LogP contribution in [0.1, 0.15) is 5.56 Å². The maximum absolute atomic E-state index is 13.0. The molecule has 124 valence electrons. The summed E-state index contributed by atoms with van der Waals surface area (Å²) in [5.74, 6) is -15.7. The second-order valence-corrected chi connectivity index (χ2v) is 4.72. The first-order chi connectivity index (χ1) is 9.82. The number of hydrogen-bond acceptors (Lipinski definition) is 2. The van der Waals surface area contributed by atoms with Gasteiger partial charge < -0.3 is 4.74 Å². The van der Waals surface area contributed by atoms with Gasteiger partial charge in [-0.2, -0.15) is 30.7 Å². The van der Waals surface area contributed by atoms with E-state index in [1.165, 1.54) is 12.1 Å². The average Bonchev–Trinajstić information content (AvgIpc) is 2.38. The SMILES string of the molecule is O=C(OCc1cccc(Cl)c1Cl)C(F)(F)C(F)(F)C(F)(F)F. The molecule has 2 nitrogen and oxygen atoms in total. The monoisotopic (exact) mass is 372 g/mol. The fourth-order valence-electron chi connectivity index (χ4n) is 1.20. The third-order valence-corrected chi connectivity index (χ3v) is 3.26. The Balaban J connectivity index is 2.91. The molecular weight excluding hydrogens is 368 g/mol. The molecule has 0 saturated heterocycles. The van der Waals surface area contributed by atoms with Crippen molar-refractivity contribution in [1.82, 2.24) is 0 Å². The van der Waals surface area contributed by atoms with Crippen LogP contribution in [-0.4, -0.2) is 24.0 Å². The molecule has 0 saturated carbocycles. The van der Waals surface area contributed by atoms with Crippen LogP contribution in [0.25, 0.3) is 0 Å². The van der Waals surface area contributed by atoms with E-state index in [0.717, 1.165) is 6.07 Å². The Morgan fingerprint density at radius 3 is 2.09 bits per heavy atom. The third kappa shape index (κ3) is 3.40. The summed E-state index contributed by atoms with van der Waals surface area (Å²) in [6, 6.07) is 3.73. The van der Waals surface area contributed by atoms with E-state index in [0.29, 0.717) is 0 Å². The molecule has 0 atom stereocenters. The van der Waals surface area contributed by atoms with Crippen molar-refractivity contribution < 1.29 is 40.3 Å². The number of esters is 1. The van der Waals surface area contributed by atoms with Gasteiger partial charge in [-0.3, -0.25) is 0 Å². The molecule has 0 aliphatic rings. The second-order valence-electron chi connectivity index (χ2n) is 3.94. The van der Waals surface area contributed by atoms with E-state index in [1.807, 2.05) is 0 Å². The van der Waals surface area contributed by atoms with Crippen molar-refractivity contribution in [2.24, 2.45) is 0 Å². The molecular formula is C11H5Cl2F7O2. The lowest BCUT2D eigenvalue weighted by molar-refractivity contribution is -0.348. The van der Waals surface area contributed by atoms with E-state index in [2.05, 4.69) is 4.74 Å². The summed E-state index contributed by atoms with van der Waals surface area (Å²) in [7, 11) is 0. The van der Waals surface area contributed by atoms with E-state index in [-0.39, 0.29) is 15.6 Å². The number of ether oxygens (including phenoxy) is 1. The van der Waals surface area contributed by atoms with Crippen LogP contribution in [0.3, 0.4) is 0 Å². The molecule has 11 heteroatoms. The highest BCUT2D eigenvalue weighted by Crippen LogP contribution is 2.47. The van der Waals surface area contributed by atoms with Gasteiger partial charge in [-0.15, -0.1) is 0 Å². The second kappa shape index (κ2) is 6.11. The summed E-state index contributed by atoms with van der Waals surface area (Å²) in [5.41, 5.74) is -0.145. The third-order valence-electron chi connectivity index (χ3n) is 2.40. The molecule has 0 unspecified atom stereocenters. The van der Waals surface area contributed by atoms with Crippen LogP contribution >= 0.6 is 23.2 Å². The minimum Gasteiger partial charge on any atom is -0.456 e. The van der Waals surface area contributed by atoms with Gasteiger partial charge in [0.2, 0.25) is 0 Å². The van der Waals surface area contributed by atoms with E-state index < -0.39 is 30.6 Å². The molecule has 1 aromatic rings. The standard InChI is InChI=1S/C11H5Cl2F7O2/c12-6-3-1-2-5(7(6)13)4-22-8(21)9(14,15)10(16,17)11(18,19)20/h1-3H,4H2. The molecule has 0 amide bonds. The summed E-state index contributed by atoms with van der Waals surface area (Å²) < 4.78 is 90.6. The predicted octanol–water partition coefficient (Wildman–Crippen LogP) is 4.87. The van der Waals surface area contributed by atoms with Gasteiger partial charge in [-0.25, -0.2) is 4.79 Å². The van der Waals surface area contributed by atoms with Crippen LogP contribution in [0.5, 0.6) is 0 Å². The topological polar surface area (TPSA) is 26.3 Å². The maximum Gasteiger partial charge on any atom is 0.460 e. The lowest BCUT2D eigenvalue weighted by Gasteiger charge is -2.26. The molecule has 1 rings (SSSR count). The van der Waals surface area contributed by atoms with Crippen molar-refractivity contribution in [1.29, 1.82) is 0 Å². The van der Waals surface area contributed by atoms with Crippen molar-refractivity contribution in [3.05, 3.63) is 33.8 Å². The first-order valence-corrected chi connectivity index (χ1v) is 6.00. The largest absolute Gasteiger partial charge is 0.460 e. The van der Waals surface area contributed by atoms with Crippen molar-refractivity contribution >= 4 is 29.2 Å². The van der Waals surface area contributed by atoms with Gasteiger partial charge >= 0.3 is 24.0 Å². The number of rotatable bonds is 4. The van der Waals surface area contributed by atoms with Gasteiger partial charge in [0.1, 0.15) is 6.61 Å². The summed E-state index contributed by atoms with van der Waals surface area (Å²) in [6.45, 7) is -1.05. The lowest BCUT2D eigenvalue weighted by atomic mass is 10.1. The van der Waals surface area contributed by atoms with Gasteiger partial charge in [0.05, 0.1) is 10.0 Å². The van der Waals surface area contributed by atoms with E-state index in [4.69, 9.17) is 23.2 Å². The minimum atomic E-state index is -6.62. The maximum atomic E-state index is 13.0. The molecule has 0 heterocycles. The minimum absolute atomic E-state index is 0.0532. The Kier molecular flexibility index (Phi) is 5.23. The van der Waals surface area contributed by atoms with Gasteiger partial charge in [-0.05, 0) is 6.07 Å². The molecule has 0 radical (unpaired) electrons. The first kappa shape index (κ1) is 18.8.